The van der Waals surface area contributed by atoms with Crippen molar-refractivity contribution in [3.8, 4) is 11.6 Å². The van der Waals surface area contributed by atoms with Crippen LogP contribution in [0.3, 0.4) is 0 Å². The van der Waals surface area contributed by atoms with Crippen LogP contribution in [-0.2, 0) is 19.3 Å². The number of hydrogen-bond donors (Lipinski definition) is 1. The Kier molecular flexibility index (Phi) is 5.83. The van der Waals surface area contributed by atoms with Gasteiger partial charge in [-0.15, -0.1) is 5.10 Å². The van der Waals surface area contributed by atoms with Gasteiger partial charge in [-0.1, -0.05) is 18.2 Å². The van der Waals surface area contributed by atoms with Crippen molar-refractivity contribution in [1.82, 2.24) is 19.7 Å². The van der Waals surface area contributed by atoms with E-state index in [1.165, 1.54) is 18.5 Å². The molecule has 0 unspecified atom stereocenters. The van der Waals surface area contributed by atoms with Crippen LogP contribution >= 0.6 is 0 Å². The summed E-state index contributed by atoms with van der Waals surface area (Å²) >= 11 is 0. The Labute approximate surface area is 176 Å². The van der Waals surface area contributed by atoms with Crippen LogP contribution < -0.4 is 10.1 Å². The summed E-state index contributed by atoms with van der Waals surface area (Å²) in [6.07, 6.45) is -0.0677. The third-order valence-electron chi connectivity index (χ3n) is 4.38. The molecule has 31 heavy (non-hydrogen) atoms. The van der Waals surface area contributed by atoms with Gasteiger partial charge in [0.05, 0.1) is 5.69 Å². The van der Waals surface area contributed by atoms with Gasteiger partial charge in [0, 0.05) is 31.2 Å². The molecule has 0 saturated carbocycles. The highest BCUT2D eigenvalue weighted by Gasteiger charge is 2.34. The maximum Gasteiger partial charge on any atom is 0.420 e. The molecule has 0 aliphatic heterocycles. The summed E-state index contributed by atoms with van der Waals surface area (Å²) in [6.45, 7) is 0.778. The van der Waals surface area contributed by atoms with Gasteiger partial charge in [-0.05, 0) is 42.0 Å². The van der Waals surface area contributed by atoms with E-state index in [-0.39, 0.29) is 5.82 Å². The number of ether oxygens (including phenoxy) is 1. The number of aromatic nitrogens is 4. The second-order valence-electron chi connectivity index (χ2n) is 6.63. The molecular weight excluding hydrogens is 407 g/mol. The van der Waals surface area contributed by atoms with Crippen LogP contribution in [0.5, 0.6) is 5.75 Å². The molecule has 0 saturated heterocycles. The number of halogens is 3. The number of anilines is 1. The van der Waals surface area contributed by atoms with Gasteiger partial charge in [0.25, 0.3) is 0 Å². The summed E-state index contributed by atoms with van der Waals surface area (Å²) in [6, 6.07) is 17.0. The van der Waals surface area contributed by atoms with Crippen LogP contribution in [0.4, 0.5) is 19.0 Å². The van der Waals surface area contributed by atoms with E-state index in [0.29, 0.717) is 24.7 Å². The Bertz CT molecular complexity index is 1150. The molecule has 158 valence electrons. The van der Waals surface area contributed by atoms with Crippen LogP contribution in [0, 0.1) is 0 Å². The fourth-order valence-corrected chi connectivity index (χ4v) is 2.92. The van der Waals surface area contributed by atoms with Gasteiger partial charge in [-0.2, -0.15) is 13.2 Å². The van der Waals surface area contributed by atoms with E-state index in [2.05, 4.69) is 20.4 Å². The van der Waals surface area contributed by atoms with Gasteiger partial charge in [-0.25, -0.2) is 9.67 Å². The molecular formula is C22H18F3N5O. The van der Waals surface area contributed by atoms with Crippen molar-refractivity contribution in [2.75, 3.05) is 5.32 Å². The topological polar surface area (TPSA) is 64.9 Å². The Morgan fingerprint density at radius 2 is 1.81 bits per heavy atom. The number of alkyl halides is 3. The summed E-state index contributed by atoms with van der Waals surface area (Å²) < 4.78 is 46.5. The Hall–Kier alpha value is -3.88. The van der Waals surface area contributed by atoms with Crippen molar-refractivity contribution in [3.05, 3.63) is 96.1 Å². The van der Waals surface area contributed by atoms with E-state index < -0.39 is 11.7 Å². The molecule has 4 rings (SSSR count). The minimum atomic E-state index is -4.52. The number of pyridine rings is 2. The fraction of sp³-hybridized carbons (Fsp3) is 0.136. The molecule has 0 aliphatic carbocycles. The molecule has 0 atom stereocenters. The normalized spacial score (nSPS) is 11.3. The Morgan fingerprint density at radius 1 is 0.935 bits per heavy atom. The first-order valence-electron chi connectivity index (χ1n) is 9.43. The first kappa shape index (κ1) is 20.4. The lowest BCUT2D eigenvalue weighted by Crippen LogP contribution is -2.12. The highest BCUT2D eigenvalue weighted by Crippen LogP contribution is 2.32. The fourth-order valence-electron chi connectivity index (χ4n) is 2.92. The Morgan fingerprint density at radius 3 is 2.61 bits per heavy atom. The lowest BCUT2D eigenvalue weighted by molar-refractivity contribution is -0.137. The van der Waals surface area contributed by atoms with E-state index in [1.807, 2.05) is 42.5 Å². The molecule has 0 radical (unpaired) electrons. The lowest BCUT2D eigenvalue weighted by Gasteiger charge is -2.11. The molecule has 0 fully saturated rings. The van der Waals surface area contributed by atoms with Gasteiger partial charge in [-0.3, -0.25) is 4.98 Å². The number of rotatable bonds is 7. The van der Waals surface area contributed by atoms with Gasteiger partial charge >= 0.3 is 6.18 Å². The van der Waals surface area contributed by atoms with Crippen molar-refractivity contribution >= 4 is 5.82 Å². The Balaban J connectivity index is 1.40. The van der Waals surface area contributed by atoms with E-state index in [0.717, 1.165) is 22.0 Å². The summed E-state index contributed by atoms with van der Waals surface area (Å²) in [5.74, 6) is 0.852. The number of benzene rings is 1. The molecule has 1 aromatic carbocycles. The molecule has 0 aliphatic rings. The van der Waals surface area contributed by atoms with Crippen molar-refractivity contribution in [2.45, 2.75) is 19.3 Å². The van der Waals surface area contributed by atoms with Crippen molar-refractivity contribution < 1.29 is 17.9 Å². The zero-order valence-corrected chi connectivity index (χ0v) is 16.3. The van der Waals surface area contributed by atoms with Crippen LogP contribution in [0.1, 0.15) is 16.8 Å². The monoisotopic (exact) mass is 425 g/mol. The van der Waals surface area contributed by atoms with Crippen molar-refractivity contribution in [3.63, 3.8) is 0 Å². The largest absolute Gasteiger partial charge is 0.487 e. The van der Waals surface area contributed by atoms with Crippen LogP contribution in [0.25, 0.3) is 5.82 Å². The van der Waals surface area contributed by atoms with E-state index in [4.69, 9.17) is 4.74 Å². The maximum absolute atomic E-state index is 13.2. The average molecular weight is 425 g/mol. The second kappa shape index (κ2) is 8.86. The van der Waals surface area contributed by atoms with Gasteiger partial charge in [0.1, 0.15) is 23.7 Å². The van der Waals surface area contributed by atoms with Crippen LogP contribution in [0.15, 0.2) is 79.3 Å². The van der Waals surface area contributed by atoms with E-state index in [1.54, 1.807) is 12.3 Å². The highest BCUT2D eigenvalue weighted by molar-refractivity contribution is 5.41. The van der Waals surface area contributed by atoms with Gasteiger partial charge < -0.3 is 10.1 Å². The number of nitrogens with one attached hydrogen (secondary N) is 1. The van der Waals surface area contributed by atoms with Crippen LogP contribution in [-0.4, -0.2) is 19.7 Å². The minimum absolute atomic E-state index is 0.270. The predicted molar refractivity (Wildman–Crippen MR) is 109 cm³/mol. The predicted octanol–water partition coefficient (Wildman–Crippen LogP) is 4.87. The standard InChI is InChI=1S/C22H18F3N5O/c23-22(24,25)19-8-4-11-27-21(19)30-12-9-20(29-30)28-14-16-5-3-7-18(13-16)31-15-17-6-1-2-10-26-17/h1-13H,14-15H2,(H,28,29). The molecule has 0 bridgehead atoms. The zero-order valence-electron chi connectivity index (χ0n) is 16.3. The summed E-state index contributed by atoms with van der Waals surface area (Å²) in [4.78, 5) is 8.05. The zero-order chi connectivity index (χ0) is 21.7. The number of nitrogens with zero attached hydrogens (tertiary/aromatic N) is 4. The third kappa shape index (κ3) is 5.19. The molecule has 3 heterocycles. The van der Waals surface area contributed by atoms with E-state index >= 15 is 0 Å². The first-order valence-corrected chi connectivity index (χ1v) is 9.43. The molecule has 6 nitrogen and oxygen atoms in total. The molecule has 1 N–H and O–H groups in total. The third-order valence-corrected chi connectivity index (χ3v) is 4.38. The lowest BCUT2D eigenvalue weighted by atomic mass is 10.2. The molecule has 0 amide bonds. The van der Waals surface area contributed by atoms with Gasteiger partial charge in [0.2, 0.25) is 0 Å². The second-order valence-corrected chi connectivity index (χ2v) is 6.63. The SMILES string of the molecule is FC(F)(F)c1cccnc1-n1ccc(NCc2cccc(OCc3ccccn3)c2)n1. The maximum atomic E-state index is 13.2. The molecule has 3 aromatic heterocycles. The van der Waals surface area contributed by atoms with Crippen molar-refractivity contribution in [1.29, 1.82) is 0 Å². The molecule has 9 heteroatoms. The molecule has 0 spiro atoms. The smallest absolute Gasteiger partial charge is 0.420 e. The van der Waals surface area contributed by atoms with Crippen LogP contribution in [0.2, 0.25) is 0 Å². The molecule has 4 aromatic rings. The number of hydrogen-bond acceptors (Lipinski definition) is 5. The summed E-state index contributed by atoms with van der Waals surface area (Å²) in [7, 11) is 0. The van der Waals surface area contributed by atoms with E-state index in [9.17, 15) is 13.2 Å². The summed E-state index contributed by atoms with van der Waals surface area (Å²) in [5, 5.41) is 7.27. The van der Waals surface area contributed by atoms with Crippen molar-refractivity contribution in [2.24, 2.45) is 0 Å². The quantitative estimate of drug-likeness (QED) is 0.458. The minimum Gasteiger partial charge on any atom is -0.487 e. The highest BCUT2D eigenvalue weighted by atomic mass is 19.4. The summed E-state index contributed by atoms with van der Waals surface area (Å²) in [5.41, 5.74) is 0.911. The van der Waals surface area contributed by atoms with Gasteiger partial charge in [0.15, 0.2) is 5.82 Å². The first-order chi connectivity index (χ1) is 15.0. The average Bonchev–Trinajstić information content (AvgIpc) is 3.26.